The molecular formula is C13H17ClN2O2. The molecule has 1 heterocycles. The summed E-state index contributed by atoms with van der Waals surface area (Å²) in [6, 6.07) is 1.75. The number of aromatic nitrogens is 1. The molecule has 4 nitrogen and oxygen atoms in total. The predicted molar refractivity (Wildman–Crippen MR) is 71.1 cm³/mol. The fraction of sp³-hybridized carbons (Fsp3) is 0.538. The van der Waals surface area contributed by atoms with Crippen molar-refractivity contribution in [3.05, 3.63) is 23.0 Å². The van der Waals surface area contributed by atoms with Gasteiger partial charge in [-0.15, -0.1) is 0 Å². The first-order chi connectivity index (χ1) is 8.61. The van der Waals surface area contributed by atoms with Gasteiger partial charge in [0.15, 0.2) is 5.78 Å². The summed E-state index contributed by atoms with van der Waals surface area (Å²) in [6.45, 7) is 2.06. The number of nitrogens with one attached hydrogen (secondary N) is 1. The Kier molecular flexibility index (Phi) is 4.19. The lowest BCUT2D eigenvalue weighted by Crippen LogP contribution is -2.19. The average Bonchev–Trinajstić information content (AvgIpc) is 3.12. The molecule has 0 unspecified atom stereocenters. The van der Waals surface area contributed by atoms with Crippen molar-refractivity contribution in [2.24, 2.45) is 5.92 Å². The molecule has 2 rings (SSSR count). The normalized spacial score (nSPS) is 16.4. The number of Topliss-reactive ketones (excluding diaryl/α,β-unsaturated/α-hetero) is 1. The molecule has 1 aliphatic rings. The number of pyridine rings is 1. The number of nitrogens with zero attached hydrogens (tertiary/aromatic N) is 1. The van der Waals surface area contributed by atoms with Crippen molar-refractivity contribution in [3.63, 3.8) is 0 Å². The van der Waals surface area contributed by atoms with E-state index in [1.165, 1.54) is 6.20 Å². The third-order valence-corrected chi connectivity index (χ3v) is 3.25. The summed E-state index contributed by atoms with van der Waals surface area (Å²) < 4.78 is 0. The van der Waals surface area contributed by atoms with E-state index in [-0.39, 0.29) is 24.3 Å². The van der Waals surface area contributed by atoms with E-state index in [1.807, 2.05) is 6.92 Å². The molecule has 1 aliphatic carbocycles. The molecule has 0 aliphatic heterocycles. The average molecular weight is 269 g/mol. The van der Waals surface area contributed by atoms with E-state index in [0.717, 1.165) is 12.8 Å². The molecule has 0 saturated heterocycles. The van der Waals surface area contributed by atoms with Gasteiger partial charge in [0.25, 0.3) is 0 Å². The second-order valence-electron chi connectivity index (χ2n) is 4.75. The van der Waals surface area contributed by atoms with Crippen LogP contribution in [-0.2, 0) is 0 Å². The molecule has 1 saturated carbocycles. The van der Waals surface area contributed by atoms with Crippen molar-refractivity contribution >= 4 is 23.1 Å². The van der Waals surface area contributed by atoms with Gasteiger partial charge in [-0.25, -0.2) is 4.98 Å². The van der Waals surface area contributed by atoms with E-state index < -0.39 is 0 Å². The van der Waals surface area contributed by atoms with Crippen LogP contribution in [0.2, 0.25) is 5.15 Å². The number of aliphatic hydroxyl groups excluding tert-OH is 1. The van der Waals surface area contributed by atoms with Gasteiger partial charge >= 0.3 is 0 Å². The zero-order chi connectivity index (χ0) is 13.1. The molecule has 1 atom stereocenters. The Morgan fingerprint density at radius 1 is 1.67 bits per heavy atom. The zero-order valence-corrected chi connectivity index (χ0v) is 11.1. The summed E-state index contributed by atoms with van der Waals surface area (Å²) >= 11 is 5.87. The maximum Gasteiger partial charge on any atom is 0.169 e. The molecule has 0 bridgehead atoms. The summed E-state index contributed by atoms with van der Waals surface area (Å²) in [5.74, 6) is 0.291. The summed E-state index contributed by atoms with van der Waals surface area (Å²) in [7, 11) is 0. The lowest BCUT2D eigenvalue weighted by Gasteiger charge is -2.16. The van der Waals surface area contributed by atoms with Crippen LogP contribution in [-0.4, -0.2) is 28.5 Å². The van der Waals surface area contributed by atoms with E-state index in [9.17, 15) is 4.79 Å². The van der Waals surface area contributed by atoms with Gasteiger partial charge in [0.2, 0.25) is 0 Å². The van der Waals surface area contributed by atoms with Gasteiger partial charge in [-0.2, -0.15) is 0 Å². The third kappa shape index (κ3) is 3.21. The quantitative estimate of drug-likeness (QED) is 0.615. The molecule has 1 fully saturated rings. The molecule has 0 spiro atoms. The highest BCUT2D eigenvalue weighted by molar-refractivity contribution is 6.29. The minimum atomic E-state index is 0.0826. The molecule has 1 aromatic heterocycles. The summed E-state index contributed by atoms with van der Waals surface area (Å²) in [5.41, 5.74) is 1.32. The standard InChI is InChI=1S/C13H17ClN2O2/c1-8(4-5-17)16-11-6-12(14)15-7-10(11)13(18)9-2-3-9/h6-9,17H,2-5H2,1H3,(H,15,16)/t8-/m1/s1. The van der Waals surface area contributed by atoms with Crippen molar-refractivity contribution in [3.8, 4) is 0 Å². The Hall–Kier alpha value is -1.13. The van der Waals surface area contributed by atoms with E-state index in [0.29, 0.717) is 22.8 Å². The lowest BCUT2D eigenvalue weighted by molar-refractivity contribution is 0.0968. The van der Waals surface area contributed by atoms with Crippen LogP contribution in [0.3, 0.4) is 0 Å². The smallest absolute Gasteiger partial charge is 0.169 e. The van der Waals surface area contributed by atoms with Crippen LogP contribution in [0.15, 0.2) is 12.3 Å². The first kappa shape index (κ1) is 13.3. The van der Waals surface area contributed by atoms with Gasteiger partial charge < -0.3 is 10.4 Å². The van der Waals surface area contributed by atoms with Crippen LogP contribution in [0.4, 0.5) is 5.69 Å². The van der Waals surface area contributed by atoms with Crippen molar-refractivity contribution in [2.45, 2.75) is 32.2 Å². The fourth-order valence-corrected chi connectivity index (χ4v) is 2.00. The van der Waals surface area contributed by atoms with E-state index in [2.05, 4.69) is 10.3 Å². The van der Waals surface area contributed by atoms with Crippen LogP contribution in [0, 0.1) is 5.92 Å². The number of hydrogen-bond donors (Lipinski definition) is 2. The molecule has 0 amide bonds. The zero-order valence-electron chi connectivity index (χ0n) is 10.3. The monoisotopic (exact) mass is 268 g/mol. The molecule has 0 aromatic carbocycles. The number of rotatable bonds is 6. The van der Waals surface area contributed by atoms with Crippen LogP contribution >= 0.6 is 11.6 Å². The number of aliphatic hydroxyl groups is 1. The Morgan fingerprint density at radius 2 is 2.39 bits per heavy atom. The van der Waals surface area contributed by atoms with Gasteiger partial charge in [0.05, 0.1) is 5.56 Å². The van der Waals surface area contributed by atoms with Gasteiger partial charge in [-0.1, -0.05) is 11.6 Å². The molecule has 5 heteroatoms. The highest BCUT2D eigenvalue weighted by Gasteiger charge is 2.32. The van der Waals surface area contributed by atoms with Crippen molar-refractivity contribution in [1.29, 1.82) is 0 Å². The number of carbonyl (C=O) groups is 1. The lowest BCUT2D eigenvalue weighted by atomic mass is 10.1. The van der Waals surface area contributed by atoms with Crippen LogP contribution < -0.4 is 5.32 Å². The van der Waals surface area contributed by atoms with Crippen molar-refractivity contribution < 1.29 is 9.90 Å². The molecule has 0 radical (unpaired) electrons. The van der Waals surface area contributed by atoms with Crippen molar-refractivity contribution in [1.82, 2.24) is 4.98 Å². The number of carbonyl (C=O) groups excluding carboxylic acids is 1. The van der Waals surface area contributed by atoms with E-state index >= 15 is 0 Å². The Bertz CT molecular complexity index is 447. The maximum atomic E-state index is 12.1. The Balaban J connectivity index is 2.20. The van der Waals surface area contributed by atoms with E-state index in [1.54, 1.807) is 6.07 Å². The minimum Gasteiger partial charge on any atom is -0.396 e. The van der Waals surface area contributed by atoms with Crippen LogP contribution in [0.1, 0.15) is 36.5 Å². The Morgan fingerprint density at radius 3 is 3.00 bits per heavy atom. The first-order valence-electron chi connectivity index (χ1n) is 6.19. The van der Waals surface area contributed by atoms with E-state index in [4.69, 9.17) is 16.7 Å². The molecule has 98 valence electrons. The van der Waals surface area contributed by atoms with Crippen LogP contribution in [0.25, 0.3) is 0 Å². The largest absolute Gasteiger partial charge is 0.396 e. The molecular weight excluding hydrogens is 252 g/mol. The summed E-state index contributed by atoms with van der Waals surface area (Å²) in [4.78, 5) is 16.1. The summed E-state index contributed by atoms with van der Waals surface area (Å²) in [6.07, 6.45) is 4.09. The van der Waals surface area contributed by atoms with Gasteiger partial charge in [0, 0.05) is 30.5 Å². The Labute approximate surface area is 111 Å². The number of ketones is 1. The first-order valence-corrected chi connectivity index (χ1v) is 6.56. The van der Waals surface area contributed by atoms with Crippen molar-refractivity contribution in [2.75, 3.05) is 11.9 Å². The second kappa shape index (κ2) is 5.67. The molecule has 18 heavy (non-hydrogen) atoms. The fourth-order valence-electron chi connectivity index (χ4n) is 1.84. The molecule has 1 aromatic rings. The topological polar surface area (TPSA) is 62.2 Å². The maximum absolute atomic E-state index is 12.1. The highest BCUT2D eigenvalue weighted by atomic mass is 35.5. The number of anilines is 1. The van der Waals surface area contributed by atoms with Gasteiger partial charge in [0.1, 0.15) is 5.15 Å². The molecule has 2 N–H and O–H groups in total. The van der Waals surface area contributed by atoms with Gasteiger partial charge in [-0.3, -0.25) is 4.79 Å². The van der Waals surface area contributed by atoms with Gasteiger partial charge in [-0.05, 0) is 32.3 Å². The number of halogens is 1. The predicted octanol–water partition coefficient (Wildman–Crippen LogP) is 2.51. The second-order valence-corrected chi connectivity index (χ2v) is 5.14. The van der Waals surface area contributed by atoms with Crippen LogP contribution in [0.5, 0.6) is 0 Å². The minimum absolute atomic E-state index is 0.0826. The number of hydrogen-bond acceptors (Lipinski definition) is 4. The SMILES string of the molecule is C[C@H](CCO)Nc1cc(Cl)ncc1C(=O)C1CC1. The summed E-state index contributed by atoms with van der Waals surface area (Å²) in [5, 5.41) is 12.5. The highest BCUT2D eigenvalue weighted by Crippen LogP contribution is 2.35. The third-order valence-electron chi connectivity index (χ3n) is 3.05.